The lowest BCUT2D eigenvalue weighted by atomic mass is 10.0. The lowest BCUT2D eigenvalue weighted by Crippen LogP contribution is -2.34. The molecule has 1 unspecified atom stereocenters. The third-order valence-electron chi connectivity index (χ3n) is 3.78. The summed E-state index contributed by atoms with van der Waals surface area (Å²) in [6, 6.07) is 2.43. The number of halogens is 3. The molecule has 0 saturated carbocycles. The number of alkyl halides is 3. The first-order valence-electron chi connectivity index (χ1n) is 7.14. The molecule has 2 aromatic rings. The molecule has 1 aliphatic rings. The summed E-state index contributed by atoms with van der Waals surface area (Å²) in [7, 11) is 0. The van der Waals surface area contributed by atoms with Crippen molar-refractivity contribution in [3.8, 4) is 0 Å². The van der Waals surface area contributed by atoms with Crippen LogP contribution in [0.3, 0.4) is 0 Å². The van der Waals surface area contributed by atoms with Gasteiger partial charge in [0, 0.05) is 12.7 Å². The van der Waals surface area contributed by atoms with Crippen LogP contribution in [0.4, 0.5) is 19.0 Å². The lowest BCUT2D eigenvalue weighted by Gasteiger charge is -2.35. The first kappa shape index (κ1) is 14.8. The van der Waals surface area contributed by atoms with Gasteiger partial charge in [0.25, 0.3) is 0 Å². The molecule has 5 nitrogen and oxygen atoms in total. The van der Waals surface area contributed by atoms with E-state index >= 15 is 0 Å². The van der Waals surface area contributed by atoms with Crippen molar-refractivity contribution in [1.29, 1.82) is 0 Å². The lowest BCUT2D eigenvalue weighted by molar-refractivity contribution is -0.137. The predicted octanol–water partition coefficient (Wildman–Crippen LogP) is 3.26. The van der Waals surface area contributed by atoms with E-state index in [-0.39, 0.29) is 6.04 Å². The second-order valence-electron chi connectivity index (χ2n) is 5.39. The van der Waals surface area contributed by atoms with Gasteiger partial charge >= 0.3 is 6.18 Å². The zero-order chi connectivity index (χ0) is 15.7. The van der Waals surface area contributed by atoms with Gasteiger partial charge in [-0.1, -0.05) is 0 Å². The molecule has 0 spiro atoms. The van der Waals surface area contributed by atoms with E-state index in [2.05, 4.69) is 20.2 Å². The van der Waals surface area contributed by atoms with E-state index in [1.54, 1.807) is 0 Å². The van der Waals surface area contributed by atoms with Gasteiger partial charge < -0.3 is 4.90 Å². The normalized spacial score (nSPS) is 19.5. The number of piperidine rings is 1. The highest BCUT2D eigenvalue weighted by Gasteiger charge is 2.32. The molecular formula is C14H16F3N5. The van der Waals surface area contributed by atoms with Gasteiger partial charge in [-0.25, -0.2) is 9.97 Å². The van der Waals surface area contributed by atoms with E-state index in [1.807, 2.05) is 11.8 Å². The van der Waals surface area contributed by atoms with Crippen LogP contribution in [-0.4, -0.2) is 26.7 Å². The molecule has 22 heavy (non-hydrogen) atoms. The molecule has 3 heterocycles. The SMILES string of the molecule is Cc1nc(C2CCCCN2c2ccc(C(F)(F)F)cn2)n[nH]1. The number of rotatable bonds is 2. The van der Waals surface area contributed by atoms with E-state index in [4.69, 9.17) is 0 Å². The molecule has 0 aliphatic carbocycles. The minimum absolute atomic E-state index is 0.0528. The van der Waals surface area contributed by atoms with Crippen LogP contribution in [0.15, 0.2) is 18.3 Å². The Hall–Kier alpha value is -2.12. The van der Waals surface area contributed by atoms with Crippen molar-refractivity contribution >= 4 is 5.82 Å². The number of hydrogen-bond acceptors (Lipinski definition) is 4. The van der Waals surface area contributed by atoms with Crippen LogP contribution in [0.1, 0.15) is 42.5 Å². The number of hydrogen-bond donors (Lipinski definition) is 1. The van der Waals surface area contributed by atoms with Crippen LogP contribution in [0.5, 0.6) is 0 Å². The van der Waals surface area contributed by atoms with Crippen molar-refractivity contribution in [3.05, 3.63) is 35.5 Å². The molecule has 1 fully saturated rings. The first-order valence-corrected chi connectivity index (χ1v) is 7.14. The molecule has 8 heteroatoms. The number of aryl methyl sites for hydroxylation is 1. The largest absolute Gasteiger partial charge is 0.417 e. The van der Waals surface area contributed by atoms with E-state index in [0.717, 1.165) is 43.9 Å². The average molecular weight is 311 g/mol. The molecule has 1 atom stereocenters. The first-order chi connectivity index (χ1) is 10.4. The fourth-order valence-corrected chi connectivity index (χ4v) is 2.71. The fraction of sp³-hybridized carbons (Fsp3) is 0.500. The number of nitrogens with one attached hydrogen (secondary N) is 1. The summed E-state index contributed by atoms with van der Waals surface area (Å²) in [6.07, 6.45) is -0.615. The Bertz CT molecular complexity index is 635. The summed E-state index contributed by atoms with van der Waals surface area (Å²) in [5.74, 6) is 1.92. The summed E-state index contributed by atoms with van der Waals surface area (Å²) in [5, 5.41) is 7.00. The highest BCUT2D eigenvalue weighted by molar-refractivity contribution is 5.42. The second kappa shape index (κ2) is 5.58. The van der Waals surface area contributed by atoms with E-state index < -0.39 is 11.7 Å². The van der Waals surface area contributed by atoms with Crippen molar-refractivity contribution in [2.45, 2.75) is 38.4 Å². The minimum Gasteiger partial charge on any atom is -0.346 e. The zero-order valence-corrected chi connectivity index (χ0v) is 12.1. The summed E-state index contributed by atoms with van der Waals surface area (Å²) >= 11 is 0. The third kappa shape index (κ3) is 2.90. The molecular weight excluding hydrogens is 295 g/mol. The van der Waals surface area contributed by atoms with Gasteiger partial charge in [-0.2, -0.15) is 18.3 Å². The van der Waals surface area contributed by atoms with E-state index in [0.29, 0.717) is 11.6 Å². The molecule has 1 aliphatic heterocycles. The smallest absolute Gasteiger partial charge is 0.346 e. The Morgan fingerprint density at radius 3 is 2.68 bits per heavy atom. The molecule has 1 N–H and O–H groups in total. The number of aromatic nitrogens is 4. The molecule has 118 valence electrons. The molecule has 0 bridgehead atoms. The van der Waals surface area contributed by atoms with Crippen molar-refractivity contribution in [2.24, 2.45) is 0 Å². The molecule has 2 aromatic heterocycles. The van der Waals surface area contributed by atoms with Crippen LogP contribution in [0.25, 0.3) is 0 Å². The van der Waals surface area contributed by atoms with Gasteiger partial charge in [-0.05, 0) is 38.3 Å². The predicted molar refractivity (Wildman–Crippen MR) is 74.3 cm³/mol. The molecule has 3 rings (SSSR count). The highest BCUT2D eigenvalue weighted by atomic mass is 19.4. The number of H-pyrrole nitrogens is 1. The number of pyridine rings is 1. The van der Waals surface area contributed by atoms with Crippen molar-refractivity contribution < 1.29 is 13.2 Å². The van der Waals surface area contributed by atoms with E-state index in [9.17, 15) is 13.2 Å². The third-order valence-corrected chi connectivity index (χ3v) is 3.78. The van der Waals surface area contributed by atoms with Gasteiger partial charge in [0.1, 0.15) is 11.6 Å². The highest BCUT2D eigenvalue weighted by Crippen LogP contribution is 2.34. The molecule has 0 amide bonds. The summed E-state index contributed by atoms with van der Waals surface area (Å²) in [4.78, 5) is 10.3. The maximum atomic E-state index is 12.6. The Balaban J connectivity index is 1.87. The Morgan fingerprint density at radius 2 is 2.09 bits per heavy atom. The second-order valence-corrected chi connectivity index (χ2v) is 5.39. The van der Waals surface area contributed by atoms with Gasteiger partial charge in [0.05, 0.1) is 11.6 Å². The minimum atomic E-state index is -4.37. The number of anilines is 1. The van der Waals surface area contributed by atoms with Gasteiger partial charge in [0.2, 0.25) is 0 Å². The number of aromatic amines is 1. The van der Waals surface area contributed by atoms with Crippen molar-refractivity contribution in [3.63, 3.8) is 0 Å². The van der Waals surface area contributed by atoms with Crippen molar-refractivity contribution in [1.82, 2.24) is 20.2 Å². The fourth-order valence-electron chi connectivity index (χ4n) is 2.71. The number of nitrogens with zero attached hydrogens (tertiary/aromatic N) is 4. The van der Waals surface area contributed by atoms with Crippen LogP contribution in [-0.2, 0) is 6.18 Å². The summed E-state index contributed by atoms with van der Waals surface area (Å²) in [5.41, 5.74) is -0.737. The van der Waals surface area contributed by atoms with Crippen molar-refractivity contribution in [2.75, 3.05) is 11.4 Å². The Morgan fingerprint density at radius 1 is 1.27 bits per heavy atom. The summed E-state index contributed by atoms with van der Waals surface area (Å²) < 4.78 is 37.9. The maximum absolute atomic E-state index is 12.6. The topological polar surface area (TPSA) is 57.7 Å². The van der Waals surface area contributed by atoms with E-state index in [1.165, 1.54) is 6.07 Å². The van der Waals surface area contributed by atoms with Gasteiger partial charge in [0.15, 0.2) is 5.82 Å². The molecule has 1 saturated heterocycles. The van der Waals surface area contributed by atoms with Crippen LogP contribution in [0, 0.1) is 6.92 Å². The monoisotopic (exact) mass is 311 g/mol. The quantitative estimate of drug-likeness (QED) is 0.925. The molecule has 0 radical (unpaired) electrons. The molecule has 0 aromatic carbocycles. The average Bonchev–Trinajstić information content (AvgIpc) is 2.93. The van der Waals surface area contributed by atoms with Gasteiger partial charge in [-0.15, -0.1) is 0 Å². The van der Waals surface area contributed by atoms with Crippen LogP contribution >= 0.6 is 0 Å². The maximum Gasteiger partial charge on any atom is 0.417 e. The standard InChI is InChI=1S/C14H16F3N5/c1-9-19-13(21-20-9)11-4-2-3-7-22(11)12-6-5-10(8-18-12)14(15,16)17/h5-6,8,11H,2-4,7H2,1H3,(H,19,20,21). The van der Waals surface area contributed by atoms with Crippen LogP contribution < -0.4 is 4.90 Å². The summed E-state index contributed by atoms with van der Waals surface area (Å²) in [6.45, 7) is 2.55. The zero-order valence-electron chi connectivity index (χ0n) is 12.1. The van der Waals surface area contributed by atoms with Crippen LogP contribution in [0.2, 0.25) is 0 Å². The Labute approximate surface area is 125 Å². The van der Waals surface area contributed by atoms with Gasteiger partial charge in [-0.3, -0.25) is 5.10 Å². The Kier molecular flexibility index (Phi) is 3.76.